The lowest BCUT2D eigenvalue weighted by molar-refractivity contribution is 0.436. The van der Waals surface area contributed by atoms with E-state index in [-0.39, 0.29) is 0 Å². The summed E-state index contributed by atoms with van der Waals surface area (Å²) in [5.74, 6) is 3.65. The van der Waals surface area contributed by atoms with Crippen molar-refractivity contribution >= 4 is 0 Å². The van der Waals surface area contributed by atoms with Gasteiger partial charge in [-0.2, -0.15) is 0 Å². The van der Waals surface area contributed by atoms with Crippen molar-refractivity contribution in [3.63, 3.8) is 0 Å². The SMILES string of the molecule is c1ccc(-c2nc(-c3ccc(-c4ccc5c(c4)C4(c6ccccc6O5)c5ccccc5-c5ccccc54)cc3)nc(-c3ccccc3-c3ccccc3)n2)cc1. The Morgan fingerprint density at radius 3 is 1.39 bits per heavy atom. The van der Waals surface area contributed by atoms with Gasteiger partial charge in [0.15, 0.2) is 17.5 Å². The summed E-state index contributed by atoms with van der Waals surface area (Å²) in [6, 6.07) is 70.2. The van der Waals surface area contributed by atoms with Crippen molar-refractivity contribution in [2.45, 2.75) is 5.41 Å². The summed E-state index contributed by atoms with van der Waals surface area (Å²) in [6.07, 6.45) is 0. The Labute approximate surface area is 325 Å². The molecule has 1 aliphatic carbocycles. The normalized spacial score (nSPS) is 12.9. The smallest absolute Gasteiger partial charge is 0.164 e. The van der Waals surface area contributed by atoms with E-state index in [4.69, 9.17) is 19.7 Å². The maximum Gasteiger partial charge on any atom is 0.164 e. The maximum absolute atomic E-state index is 6.67. The van der Waals surface area contributed by atoms with Gasteiger partial charge in [-0.1, -0.05) is 182 Å². The van der Waals surface area contributed by atoms with Crippen molar-refractivity contribution in [3.05, 3.63) is 222 Å². The van der Waals surface area contributed by atoms with Crippen LogP contribution in [-0.2, 0) is 5.41 Å². The van der Waals surface area contributed by atoms with Crippen molar-refractivity contribution in [2.75, 3.05) is 0 Å². The average molecular weight is 716 g/mol. The van der Waals surface area contributed by atoms with Gasteiger partial charge >= 0.3 is 0 Å². The van der Waals surface area contributed by atoms with E-state index in [1.807, 2.05) is 42.5 Å². The minimum Gasteiger partial charge on any atom is -0.457 e. The Morgan fingerprint density at radius 1 is 0.286 bits per heavy atom. The largest absolute Gasteiger partial charge is 0.457 e. The van der Waals surface area contributed by atoms with Crippen molar-refractivity contribution in [1.82, 2.24) is 15.0 Å². The van der Waals surface area contributed by atoms with Crippen molar-refractivity contribution < 1.29 is 4.74 Å². The summed E-state index contributed by atoms with van der Waals surface area (Å²) in [5.41, 5.74) is 14.1. The molecule has 0 N–H and O–H groups in total. The fourth-order valence-electron chi connectivity index (χ4n) is 8.74. The second-order valence-electron chi connectivity index (χ2n) is 14.3. The van der Waals surface area contributed by atoms with E-state index in [2.05, 4.69) is 158 Å². The zero-order valence-corrected chi connectivity index (χ0v) is 30.3. The minimum atomic E-state index is -0.515. The predicted octanol–water partition coefficient (Wildman–Crippen LogP) is 12.7. The highest BCUT2D eigenvalue weighted by atomic mass is 16.5. The second-order valence-corrected chi connectivity index (χ2v) is 14.3. The van der Waals surface area contributed by atoms with E-state index in [1.54, 1.807) is 0 Å². The molecule has 0 radical (unpaired) electrons. The summed E-state index contributed by atoms with van der Waals surface area (Å²) in [7, 11) is 0. The van der Waals surface area contributed by atoms with Crippen LogP contribution in [0.3, 0.4) is 0 Å². The lowest BCUT2D eigenvalue weighted by Crippen LogP contribution is -2.32. The lowest BCUT2D eigenvalue weighted by Gasteiger charge is -2.39. The molecular formula is C52H33N3O. The van der Waals surface area contributed by atoms with Gasteiger partial charge < -0.3 is 4.74 Å². The van der Waals surface area contributed by atoms with E-state index in [0.717, 1.165) is 61.6 Å². The maximum atomic E-state index is 6.67. The molecule has 2 aliphatic rings. The molecule has 0 bridgehead atoms. The van der Waals surface area contributed by atoms with Gasteiger partial charge in [-0.3, -0.25) is 0 Å². The zero-order chi connectivity index (χ0) is 37.1. The van der Waals surface area contributed by atoms with Gasteiger partial charge in [-0.15, -0.1) is 0 Å². The molecule has 11 rings (SSSR count). The summed E-state index contributed by atoms with van der Waals surface area (Å²) in [6.45, 7) is 0. The molecule has 56 heavy (non-hydrogen) atoms. The van der Waals surface area contributed by atoms with E-state index in [0.29, 0.717) is 17.5 Å². The number of aromatic nitrogens is 3. The molecule has 8 aromatic carbocycles. The molecule has 2 heterocycles. The third-order valence-corrected chi connectivity index (χ3v) is 11.2. The second kappa shape index (κ2) is 12.9. The fourth-order valence-corrected chi connectivity index (χ4v) is 8.74. The molecule has 0 unspecified atom stereocenters. The number of fused-ring (bicyclic) bond motifs is 9. The van der Waals surface area contributed by atoms with Crippen LogP contribution in [0.2, 0.25) is 0 Å². The first-order chi connectivity index (χ1) is 27.8. The monoisotopic (exact) mass is 715 g/mol. The molecular weight excluding hydrogens is 683 g/mol. The van der Waals surface area contributed by atoms with Crippen molar-refractivity contribution in [3.8, 4) is 79.0 Å². The van der Waals surface area contributed by atoms with Gasteiger partial charge in [0, 0.05) is 27.8 Å². The Morgan fingerprint density at radius 2 is 0.732 bits per heavy atom. The van der Waals surface area contributed by atoms with Crippen LogP contribution in [-0.4, -0.2) is 15.0 Å². The highest BCUT2D eigenvalue weighted by molar-refractivity contribution is 5.89. The van der Waals surface area contributed by atoms with Gasteiger partial charge in [-0.05, 0) is 62.7 Å². The zero-order valence-electron chi connectivity index (χ0n) is 30.3. The molecule has 0 atom stereocenters. The topological polar surface area (TPSA) is 47.9 Å². The standard InChI is InChI=1S/C52H33N3O/c1-3-15-35(16-4-1)39-19-7-8-22-42(39)51-54-49(36-17-5-2-6-18-36)53-50(55-51)37-29-27-34(28-30-37)38-31-32-48-46(33-38)52(45-25-13-14-26-47(45)56-48)43-23-11-9-20-40(43)41-21-10-12-24-44(41)52/h1-33H. The Bertz CT molecular complexity index is 2890. The first kappa shape index (κ1) is 32.0. The summed E-state index contributed by atoms with van der Waals surface area (Å²) in [5, 5.41) is 0. The van der Waals surface area contributed by atoms with E-state index in [9.17, 15) is 0 Å². The quantitative estimate of drug-likeness (QED) is 0.178. The van der Waals surface area contributed by atoms with Crippen LogP contribution in [0, 0.1) is 0 Å². The number of ether oxygens (including phenoxy) is 1. The van der Waals surface area contributed by atoms with Crippen LogP contribution >= 0.6 is 0 Å². The van der Waals surface area contributed by atoms with Crippen LogP contribution in [0.25, 0.3) is 67.5 Å². The van der Waals surface area contributed by atoms with Gasteiger partial charge in [0.05, 0.1) is 5.41 Å². The first-order valence-electron chi connectivity index (χ1n) is 18.9. The van der Waals surface area contributed by atoms with Crippen LogP contribution in [0.5, 0.6) is 11.5 Å². The van der Waals surface area contributed by atoms with Crippen LogP contribution < -0.4 is 4.74 Å². The molecule has 1 spiro atoms. The van der Waals surface area contributed by atoms with E-state index >= 15 is 0 Å². The van der Waals surface area contributed by atoms with Gasteiger partial charge in [0.25, 0.3) is 0 Å². The van der Waals surface area contributed by atoms with E-state index < -0.39 is 5.41 Å². The molecule has 262 valence electrons. The molecule has 0 saturated heterocycles. The van der Waals surface area contributed by atoms with Crippen molar-refractivity contribution in [1.29, 1.82) is 0 Å². The molecule has 1 aliphatic heterocycles. The Balaban J connectivity index is 1.04. The molecule has 0 saturated carbocycles. The van der Waals surface area contributed by atoms with Gasteiger partial charge in [0.2, 0.25) is 0 Å². The third kappa shape index (κ3) is 4.96. The molecule has 0 fully saturated rings. The fraction of sp³-hybridized carbons (Fsp3) is 0.0192. The number of hydrogen-bond donors (Lipinski definition) is 0. The Kier molecular flexibility index (Phi) is 7.36. The third-order valence-electron chi connectivity index (χ3n) is 11.2. The predicted molar refractivity (Wildman–Crippen MR) is 224 cm³/mol. The number of rotatable bonds is 5. The van der Waals surface area contributed by atoms with Crippen LogP contribution in [0.4, 0.5) is 0 Å². The number of nitrogens with zero attached hydrogens (tertiary/aromatic N) is 3. The van der Waals surface area contributed by atoms with E-state index in [1.165, 1.54) is 22.3 Å². The number of para-hydroxylation sites is 1. The summed E-state index contributed by atoms with van der Waals surface area (Å²) in [4.78, 5) is 15.2. The molecule has 0 amide bonds. The molecule has 4 heteroatoms. The lowest BCUT2D eigenvalue weighted by atomic mass is 9.66. The molecule has 9 aromatic rings. The Hall–Kier alpha value is -7.43. The molecule has 4 nitrogen and oxygen atoms in total. The summed E-state index contributed by atoms with van der Waals surface area (Å²) >= 11 is 0. The first-order valence-corrected chi connectivity index (χ1v) is 18.9. The highest BCUT2D eigenvalue weighted by Gasteiger charge is 2.51. The van der Waals surface area contributed by atoms with Crippen LogP contribution in [0.15, 0.2) is 200 Å². The minimum absolute atomic E-state index is 0.515. The highest BCUT2D eigenvalue weighted by Crippen LogP contribution is 2.62. The number of hydrogen-bond acceptors (Lipinski definition) is 4. The summed E-state index contributed by atoms with van der Waals surface area (Å²) < 4.78 is 6.67. The van der Waals surface area contributed by atoms with Gasteiger partial charge in [0.1, 0.15) is 11.5 Å². The average Bonchev–Trinajstić information content (AvgIpc) is 3.57. The molecule has 1 aromatic heterocycles. The van der Waals surface area contributed by atoms with Crippen molar-refractivity contribution in [2.24, 2.45) is 0 Å². The van der Waals surface area contributed by atoms with Gasteiger partial charge in [-0.25, -0.2) is 15.0 Å². The number of benzene rings is 8. The van der Waals surface area contributed by atoms with Crippen LogP contribution in [0.1, 0.15) is 22.3 Å².